The number of nitrogens with zero attached hydrogens (tertiary/aromatic N) is 4. The quantitative estimate of drug-likeness (QED) is 0.147. The highest BCUT2D eigenvalue weighted by Crippen LogP contribution is 2.33. The molecule has 0 aromatic rings. The van der Waals surface area contributed by atoms with Crippen LogP contribution < -0.4 is 0 Å². The zero-order valence-electron chi connectivity index (χ0n) is 21.8. The van der Waals surface area contributed by atoms with Crippen LogP contribution in [0.2, 0.25) is 0 Å². The van der Waals surface area contributed by atoms with Crippen LogP contribution in [0, 0.1) is 51.3 Å². The predicted molar refractivity (Wildman–Crippen MR) is 130 cm³/mol. The van der Waals surface area contributed by atoms with Crippen molar-refractivity contribution in [1.29, 1.82) is 0 Å². The summed E-state index contributed by atoms with van der Waals surface area (Å²) < 4.78 is 17.1. The average molecular weight is 533 g/mol. The van der Waals surface area contributed by atoms with Crippen LogP contribution >= 0.6 is 0 Å². The van der Waals surface area contributed by atoms with Crippen LogP contribution in [0.25, 0.3) is 0 Å². The molecule has 0 aliphatic rings. The highest BCUT2D eigenvalue weighted by atomic mass is 17.0. The lowest BCUT2D eigenvalue weighted by atomic mass is 9.78. The summed E-state index contributed by atoms with van der Waals surface area (Å²) >= 11 is 0. The first-order valence-electron chi connectivity index (χ1n) is 10.9. The SMILES string of the molecule is C.CC(C)(C)C.CCC(CC)(CC)CC.O=[N+]([O-])COC(OC[N+](=O)[O-])(OC[N+](=O)[O-])OC[N+](=O)[O-]. The highest BCUT2D eigenvalue weighted by Gasteiger charge is 2.43. The molecule has 0 aliphatic carbocycles. The van der Waals surface area contributed by atoms with E-state index in [0.717, 1.165) is 0 Å². The third-order valence-corrected chi connectivity index (χ3v) is 4.39. The van der Waals surface area contributed by atoms with Crippen molar-refractivity contribution in [3.8, 4) is 0 Å². The van der Waals surface area contributed by atoms with Gasteiger partial charge < -0.3 is 0 Å². The Balaban J connectivity index is -0.000000281. The summed E-state index contributed by atoms with van der Waals surface area (Å²) in [5, 5.41) is 40.7. The van der Waals surface area contributed by atoms with Crippen molar-refractivity contribution in [1.82, 2.24) is 0 Å². The molecule has 0 atom stereocenters. The highest BCUT2D eigenvalue weighted by molar-refractivity contribution is 4.72. The van der Waals surface area contributed by atoms with Crippen LogP contribution in [0.5, 0.6) is 0 Å². The summed E-state index contributed by atoms with van der Waals surface area (Å²) in [6, 6.07) is 0. The third-order valence-electron chi connectivity index (χ3n) is 4.39. The Morgan fingerprint density at radius 3 is 0.778 bits per heavy atom. The van der Waals surface area contributed by atoms with Crippen LogP contribution in [0.15, 0.2) is 0 Å². The summed E-state index contributed by atoms with van der Waals surface area (Å²) in [6.45, 7) is 12.3. The van der Waals surface area contributed by atoms with E-state index in [9.17, 15) is 40.5 Å². The van der Waals surface area contributed by atoms with E-state index in [4.69, 9.17) is 0 Å². The predicted octanol–water partition coefficient (Wildman–Crippen LogP) is 4.90. The topological polar surface area (TPSA) is 209 Å². The van der Waals surface area contributed by atoms with Crippen molar-refractivity contribution >= 4 is 0 Å². The van der Waals surface area contributed by atoms with Gasteiger partial charge in [-0.05, 0) is 10.8 Å². The summed E-state index contributed by atoms with van der Waals surface area (Å²) in [6.07, 6.45) is 2.24. The Bertz CT molecular complexity index is 536. The van der Waals surface area contributed by atoms with Gasteiger partial charge in [-0.2, -0.15) is 0 Å². The molecule has 0 fully saturated rings. The van der Waals surface area contributed by atoms with Crippen LogP contribution in [0.4, 0.5) is 0 Å². The van der Waals surface area contributed by atoms with E-state index in [1.807, 2.05) is 0 Å². The molecule has 16 heteroatoms. The first-order valence-corrected chi connectivity index (χ1v) is 10.9. The summed E-state index contributed by atoms with van der Waals surface area (Å²) in [5.41, 5.74) is 1.17. The van der Waals surface area contributed by atoms with Gasteiger partial charge in [-0.1, -0.05) is 88.5 Å². The van der Waals surface area contributed by atoms with Gasteiger partial charge in [0.1, 0.15) is 0 Å². The molecule has 0 saturated carbocycles. The van der Waals surface area contributed by atoms with Gasteiger partial charge in [0.15, 0.2) is 0 Å². The van der Waals surface area contributed by atoms with Crippen LogP contribution in [0.1, 0.15) is 88.5 Å². The van der Waals surface area contributed by atoms with Gasteiger partial charge in [0.2, 0.25) is 0 Å². The maximum Gasteiger partial charge on any atom is 0.432 e. The monoisotopic (exact) mass is 532 g/mol. The van der Waals surface area contributed by atoms with Gasteiger partial charge >= 0.3 is 33.1 Å². The molecule has 0 radical (unpaired) electrons. The molecule has 0 amide bonds. The van der Waals surface area contributed by atoms with E-state index in [0.29, 0.717) is 10.8 Å². The molecule has 0 N–H and O–H groups in total. The zero-order chi connectivity index (χ0) is 28.3. The van der Waals surface area contributed by atoms with Crippen molar-refractivity contribution in [2.45, 2.75) is 94.7 Å². The second-order valence-corrected chi connectivity index (χ2v) is 8.84. The van der Waals surface area contributed by atoms with Crippen LogP contribution in [-0.2, 0) is 18.9 Å². The smallest absolute Gasteiger partial charge is 0.262 e. The minimum Gasteiger partial charge on any atom is -0.262 e. The second-order valence-electron chi connectivity index (χ2n) is 8.84. The van der Waals surface area contributed by atoms with Crippen LogP contribution in [-0.4, -0.2) is 52.8 Å². The normalized spacial score (nSPS) is 11.1. The lowest BCUT2D eigenvalue weighted by Gasteiger charge is -2.28. The fourth-order valence-corrected chi connectivity index (χ4v) is 2.28. The van der Waals surface area contributed by atoms with E-state index in [-0.39, 0.29) is 7.43 Å². The summed E-state index contributed by atoms with van der Waals surface area (Å²) in [5.74, 6) is 0. The number of nitro groups is 4. The van der Waals surface area contributed by atoms with Crippen molar-refractivity contribution in [3.63, 3.8) is 0 Å². The van der Waals surface area contributed by atoms with E-state index in [2.05, 4.69) is 74.3 Å². The molecule has 0 bridgehead atoms. The van der Waals surface area contributed by atoms with Crippen molar-refractivity contribution in [2.75, 3.05) is 26.9 Å². The average Bonchev–Trinajstić information content (AvgIpc) is 2.74. The minimum absolute atomic E-state index is 0. The molecule has 0 aromatic heterocycles. The maximum atomic E-state index is 10.2. The maximum absolute atomic E-state index is 10.2. The van der Waals surface area contributed by atoms with Gasteiger partial charge in [-0.3, -0.25) is 40.5 Å². The molecule has 0 spiro atoms. The Morgan fingerprint density at radius 1 is 0.528 bits per heavy atom. The van der Waals surface area contributed by atoms with Gasteiger partial charge in [0.05, 0.1) is 0 Å². The van der Waals surface area contributed by atoms with Gasteiger partial charge in [-0.15, -0.1) is 0 Å². The Labute approximate surface area is 212 Å². The number of hydrogen-bond acceptors (Lipinski definition) is 12. The number of hydrogen-bond donors (Lipinski definition) is 0. The first-order chi connectivity index (χ1) is 15.9. The lowest BCUT2D eigenvalue weighted by molar-refractivity contribution is -0.680. The summed E-state index contributed by atoms with van der Waals surface area (Å²) in [7, 11) is 0. The molecule has 0 saturated heterocycles. The third kappa shape index (κ3) is 26.1. The van der Waals surface area contributed by atoms with E-state index in [1.54, 1.807) is 0 Å². The molecular weight excluding hydrogens is 488 g/mol. The largest absolute Gasteiger partial charge is 0.432 e. The molecule has 0 aromatic carbocycles. The fourth-order valence-electron chi connectivity index (χ4n) is 2.28. The van der Waals surface area contributed by atoms with Crippen LogP contribution in [0.3, 0.4) is 0 Å². The Hall–Kier alpha value is -2.56. The fraction of sp³-hybridized carbons (Fsp3) is 1.00. The molecular formula is C20H44N4O12. The van der Waals surface area contributed by atoms with E-state index >= 15 is 0 Å². The van der Waals surface area contributed by atoms with Gasteiger partial charge in [0.25, 0.3) is 0 Å². The van der Waals surface area contributed by atoms with Gasteiger partial charge in [-0.25, -0.2) is 18.9 Å². The molecule has 36 heavy (non-hydrogen) atoms. The minimum atomic E-state index is -3.14. The molecule has 0 rings (SSSR count). The number of rotatable bonds is 16. The Kier molecular flexibility index (Phi) is 23.2. The standard InChI is InChI=1S/C9H20.C5H8N4O12.C5H12.CH4/c1-5-9(6-2,7-3)8-4;10-6(11)1-18-5(19-2-7(12)13,20-3-8(14)15)21-4-9(16)17;1-5(2,3)4;/h5-8H2,1-4H3;1-4H2;1-4H3;1H4. The number of ether oxygens (including phenoxy) is 4. The molecule has 0 unspecified atom stereocenters. The summed E-state index contributed by atoms with van der Waals surface area (Å²) in [4.78, 5) is 36.3. The first kappa shape index (κ1) is 40.6. The Morgan fingerprint density at radius 2 is 0.694 bits per heavy atom. The van der Waals surface area contributed by atoms with Crippen molar-refractivity contribution < 1.29 is 38.6 Å². The van der Waals surface area contributed by atoms with E-state index < -0.39 is 52.8 Å². The second kappa shape index (κ2) is 20.6. The molecule has 0 aliphatic heterocycles. The van der Waals surface area contributed by atoms with E-state index in [1.165, 1.54) is 25.7 Å². The zero-order valence-corrected chi connectivity index (χ0v) is 21.8. The molecule has 216 valence electrons. The van der Waals surface area contributed by atoms with Gasteiger partial charge in [0, 0.05) is 19.7 Å². The van der Waals surface area contributed by atoms with Crippen molar-refractivity contribution in [3.05, 3.63) is 40.5 Å². The molecule has 0 heterocycles. The van der Waals surface area contributed by atoms with Crippen molar-refractivity contribution in [2.24, 2.45) is 10.8 Å². The molecule has 16 nitrogen and oxygen atoms in total. The lowest BCUT2D eigenvalue weighted by Crippen LogP contribution is -2.46.